The standard InChI is InChI=1S/C13H10F4N2/c14-11-7-19-5-4-10(11)12(18)8-2-1-3-9(6-8)13(15,16)17/h1-7,12H,18H2. The van der Waals surface area contributed by atoms with Gasteiger partial charge in [0.15, 0.2) is 0 Å². The van der Waals surface area contributed by atoms with E-state index in [-0.39, 0.29) is 11.1 Å². The SMILES string of the molecule is NC(c1cccc(C(F)(F)F)c1)c1ccncc1F. The van der Waals surface area contributed by atoms with Crippen LogP contribution in [0.25, 0.3) is 0 Å². The van der Waals surface area contributed by atoms with Gasteiger partial charge in [-0.2, -0.15) is 13.2 Å². The summed E-state index contributed by atoms with van der Waals surface area (Å²) in [6.07, 6.45) is -2.14. The van der Waals surface area contributed by atoms with E-state index < -0.39 is 23.6 Å². The summed E-state index contributed by atoms with van der Waals surface area (Å²) in [5, 5.41) is 0. The summed E-state index contributed by atoms with van der Waals surface area (Å²) in [5.41, 5.74) is 5.28. The van der Waals surface area contributed by atoms with Crippen LogP contribution in [0.15, 0.2) is 42.7 Å². The molecule has 0 spiro atoms. The van der Waals surface area contributed by atoms with E-state index in [4.69, 9.17) is 5.73 Å². The van der Waals surface area contributed by atoms with Crippen molar-refractivity contribution in [2.75, 3.05) is 0 Å². The van der Waals surface area contributed by atoms with Gasteiger partial charge in [0.05, 0.1) is 17.8 Å². The van der Waals surface area contributed by atoms with Crippen LogP contribution in [-0.4, -0.2) is 4.98 Å². The number of alkyl halides is 3. The van der Waals surface area contributed by atoms with E-state index in [2.05, 4.69) is 4.98 Å². The topological polar surface area (TPSA) is 38.9 Å². The zero-order chi connectivity index (χ0) is 14.0. The smallest absolute Gasteiger partial charge is 0.320 e. The van der Waals surface area contributed by atoms with E-state index >= 15 is 0 Å². The van der Waals surface area contributed by atoms with Gasteiger partial charge in [0.2, 0.25) is 0 Å². The number of pyridine rings is 1. The molecule has 1 unspecified atom stereocenters. The van der Waals surface area contributed by atoms with Gasteiger partial charge in [0.1, 0.15) is 5.82 Å². The predicted molar refractivity (Wildman–Crippen MR) is 61.7 cm³/mol. The molecule has 0 radical (unpaired) electrons. The molecule has 1 aromatic heterocycles. The van der Waals surface area contributed by atoms with Gasteiger partial charge in [0, 0.05) is 11.8 Å². The van der Waals surface area contributed by atoms with Crippen LogP contribution in [0.4, 0.5) is 17.6 Å². The molecule has 2 nitrogen and oxygen atoms in total. The van der Waals surface area contributed by atoms with E-state index in [1.165, 1.54) is 24.4 Å². The molecule has 2 rings (SSSR count). The van der Waals surface area contributed by atoms with E-state index in [0.717, 1.165) is 18.3 Å². The van der Waals surface area contributed by atoms with Crippen molar-refractivity contribution in [1.29, 1.82) is 0 Å². The van der Waals surface area contributed by atoms with Gasteiger partial charge < -0.3 is 5.73 Å². The molecule has 2 N–H and O–H groups in total. The largest absolute Gasteiger partial charge is 0.416 e. The summed E-state index contributed by atoms with van der Waals surface area (Å²) < 4.78 is 51.3. The lowest BCUT2D eigenvalue weighted by molar-refractivity contribution is -0.137. The third-order valence-corrected chi connectivity index (χ3v) is 2.71. The number of aromatic nitrogens is 1. The molecule has 100 valence electrons. The molecule has 0 saturated carbocycles. The average molecular weight is 270 g/mol. The molecule has 6 heteroatoms. The fraction of sp³-hybridized carbons (Fsp3) is 0.154. The Morgan fingerprint density at radius 1 is 1.16 bits per heavy atom. The number of hydrogen-bond donors (Lipinski definition) is 1. The second-order valence-corrected chi connectivity index (χ2v) is 4.00. The molecule has 0 fully saturated rings. The lowest BCUT2D eigenvalue weighted by atomic mass is 9.98. The van der Waals surface area contributed by atoms with E-state index in [0.29, 0.717) is 0 Å². The zero-order valence-corrected chi connectivity index (χ0v) is 9.66. The van der Waals surface area contributed by atoms with Gasteiger partial charge in [-0.25, -0.2) is 4.39 Å². The first-order chi connectivity index (χ1) is 8.89. The number of rotatable bonds is 2. The van der Waals surface area contributed by atoms with Gasteiger partial charge in [-0.3, -0.25) is 4.98 Å². The van der Waals surface area contributed by atoms with Crippen molar-refractivity contribution in [1.82, 2.24) is 4.98 Å². The second-order valence-electron chi connectivity index (χ2n) is 4.00. The van der Waals surface area contributed by atoms with Crippen molar-refractivity contribution in [3.8, 4) is 0 Å². The minimum atomic E-state index is -4.45. The van der Waals surface area contributed by atoms with Crippen LogP contribution in [0, 0.1) is 5.82 Å². The predicted octanol–water partition coefficient (Wildman–Crippen LogP) is 3.29. The molecular formula is C13H10F4N2. The molecular weight excluding hydrogens is 260 g/mol. The second kappa shape index (κ2) is 4.97. The number of nitrogens with zero attached hydrogens (tertiary/aromatic N) is 1. The van der Waals surface area contributed by atoms with Crippen LogP contribution < -0.4 is 5.73 Å². The molecule has 19 heavy (non-hydrogen) atoms. The molecule has 1 atom stereocenters. The van der Waals surface area contributed by atoms with E-state index in [1.54, 1.807) is 0 Å². The Morgan fingerprint density at radius 3 is 2.53 bits per heavy atom. The van der Waals surface area contributed by atoms with Crippen LogP contribution in [0.1, 0.15) is 22.7 Å². The van der Waals surface area contributed by atoms with E-state index in [9.17, 15) is 17.6 Å². The Hall–Kier alpha value is -1.95. The quantitative estimate of drug-likeness (QED) is 0.850. The van der Waals surface area contributed by atoms with Crippen molar-refractivity contribution >= 4 is 0 Å². The molecule has 0 aliphatic heterocycles. The van der Waals surface area contributed by atoms with Crippen molar-refractivity contribution in [3.05, 3.63) is 65.2 Å². The first-order valence-corrected chi connectivity index (χ1v) is 5.42. The molecule has 0 saturated heterocycles. The van der Waals surface area contributed by atoms with Crippen LogP contribution in [0.2, 0.25) is 0 Å². The average Bonchev–Trinajstić information content (AvgIpc) is 2.38. The third-order valence-electron chi connectivity index (χ3n) is 2.71. The molecule has 0 amide bonds. The summed E-state index contributed by atoms with van der Waals surface area (Å²) in [7, 11) is 0. The molecule has 0 bridgehead atoms. The van der Waals surface area contributed by atoms with Gasteiger partial charge in [-0.1, -0.05) is 12.1 Å². The maximum atomic E-state index is 13.5. The highest BCUT2D eigenvalue weighted by Crippen LogP contribution is 2.31. The van der Waals surface area contributed by atoms with Gasteiger partial charge >= 0.3 is 6.18 Å². The van der Waals surface area contributed by atoms with Crippen molar-refractivity contribution in [2.24, 2.45) is 5.73 Å². The maximum absolute atomic E-state index is 13.5. The fourth-order valence-corrected chi connectivity index (χ4v) is 1.73. The Bertz CT molecular complexity index is 581. The first-order valence-electron chi connectivity index (χ1n) is 5.42. The van der Waals surface area contributed by atoms with Crippen LogP contribution >= 0.6 is 0 Å². The molecule has 2 aromatic rings. The summed E-state index contributed by atoms with van der Waals surface area (Å²) in [4.78, 5) is 3.57. The number of benzene rings is 1. The molecule has 0 aliphatic carbocycles. The van der Waals surface area contributed by atoms with Gasteiger partial charge in [0.25, 0.3) is 0 Å². The zero-order valence-electron chi connectivity index (χ0n) is 9.66. The van der Waals surface area contributed by atoms with E-state index in [1.807, 2.05) is 0 Å². The van der Waals surface area contributed by atoms with Crippen LogP contribution in [0.5, 0.6) is 0 Å². The number of nitrogens with two attached hydrogens (primary N) is 1. The normalized spacial score (nSPS) is 13.3. The highest BCUT2D eigenvalue weighted by molar-refractivity contribution is 5.34. The fourth-order valence-electron chi connectivity index (χ4n) is 1.73. The highest BCUT2D eigenvalue weighted by Gasteiger charge is 2.31. The van der Waals surface area contributed by atoms with Crippen LogP contribution in [0.3, 0.4) is 0 Å². The van der Waals surface area contributed by atoms with Crippen molar-refractivity contribution < 1.29 is 17.6 Å². The summed E-state index contributed by atoms with van der Waals surface area (Å²) in [6, 6.07) is 4.92. The monoisotopic (exact) mass is 270 g/mol. The summed E-state index contributed by atoms with van der Waals surface area (Å²) in [5.74, 6) is -0.646. The maximum Gasteiger partial charge on any atom is 0.416 e. The number of hydrogen-bond acceptors (Lipinski definition) is 2. The summed E-state index contributed by atoms with van der Waals surface area (Å²) >= 11 is 0. The molecule has 1 heterocycles. The Morgan fingerprint density at radius 2 is 1.89 bits per heavy atom. The Kier molecular flexibility index (Phi) is 3.53. The Balaban J connectivity index is 2.40. The lowest BCUT2D eigenvalue weighted by Gasteiger charge is -2.15. The highest BCUT2D eigenvalue weighted by atomic mass is 19.4. The lowest BCUT2D eigenvalue weighted by Crippen LogP contribution is -2.15. The minimum absolute atomic E-state index is 0.106. The van der Waals surface area contributed by atoms with Crippen LogP contribution in [-0.2, 0) is 6.18 Å². The molecule has 0 aliphatic rings. The van der Waals surface area contributed by atoms with Gasteiger partial charge in [-0.15, -0.1) is 0 Å². The minimum Gasteiger partial charge on any atom is -0.320 e. The first kappa shape index (κ1) is 13.5. The number of halogens is 4. The van der Waals surface area contributed by atoms with Crippen molar-refractivity contribution in [2.45, 2.75) is 12.2 Å². The summed E-state index contributed by atoms with van der Waals surface area (Å²) in [6.45, 7) is 0. The van der Waals surface area contributed by atoms with Crippen molar-refractivity contribution in [3.63, 3.8) is 0 Å². The Labute approximate surface area is 106 Å². The molecule has 1 aromatic carbocycles. The van der Waals surface area contributed by atoms with Gasteiger partial charge in [-0.05, 0) is 23.8 Å². The third kappa shape index (κ3) is 2.90.